The van der Waals surface area contributed by atoms with Crippen LogP contribution in [0.5, 0.6) is 5.88 Å². The highest BCUT2D eigenvalue weighted by Gasteiger charge is 2.15. The van der Waals surface area contributed by atoms with E-state index < -0.39 is 0 Å². The molecule has 2 rings (SSSR count). The predicted octanol–water partition coefficient (Wildman–Crippen LogP) is 1.47. The van der Waals surface area contributed by atoms with Crippen molar-refractivity contribution >= 4 is 5.82 Å². The predicted molar refractivity (Wildman–Crippen MR) is 71.3 cm³/mol. The molecule has 1 N–H and O–H groups in total. The quantitative estimate of drug-likeness (QED) is 0.842. The fraction of sp³-hybridized carbons (Fsp3) is 0.692. The highest BCUT2D eigenvalue weighted by atomic mass is 16.5. The maximum absolute atomic E-state index is 5.77. The topological polar surface area (TPSA) is 65.5 Å². The van der Waals surface area contributed by atoms with Crippen LogP contribution in [0.4, 0.5) is 5.82 Å². The molecule has 1 aromatic heterocycles. The van der Waals surface area contributed by atoms with E-state index in [0.717, 1.165) is 31.9 Å². The smallest absolute Gasteiger partial charge is 0.218 e. The molecule has 6 heteroatoms. The van der Waals surface area contributed by atoms with Crippen molar-refractivity contribution in [1.29, 1.82) is 0 Å². The van der Waals surface area contributed by atoms with Gasteiger partial charge in [-0.15, -0.1) is 0 Å². The molecule has 0 saturated carbocycles. The van der Waals surface area contributed by atoms with Gasteiger partial charge in [-0.2, -0.15) is 4.98 Å². The van der Waals surface area contributed by atoms with E-state index in [1.165, 1.54) is 0 Å². The van der Waals surface area contributed by atoms with Crippen LogP contribution in [0.25, 0.3) is 0 Å². The highest BCUT2D eigenvalue weighted by Crippen LogP contribution is 2.18. The number of methoxy groups -OCH3 is 1. The Morgan fingerprint density at radius 2 is 2.16 bits per heavy atom. The lowest BCUT2D eigenvalue weighted by Gasteiger charge is -2.21. The van der Waals surface area contributed by atoms with Crippen LogP contribution in [0.15, 0.2) is 6.07 Å². The standard InChI is InChI=1S/C13H21N3O3/c1-14-11-7-13(16-12(15-11)9-17-2)19-8-10-3-5-18-6-4-10/h7,10H,3-6,8-9H2,1-2H3,(H,14,15,16). The van der Waals surface area contributed by atoms with E-state index in [9.17, 15) is 0 Å². The van der Waals surface area contributed by atoms with Gasteiger partial charge in [0.05, 0.1) is 6.61 Å². The van der Waals surface area contributed by atoms with Gasteiger partial charge in [0.2, 0.25) is 5.88 Å². The molecule has 106 valence electrons. The molecule has 6 nitrogen and oxygen atoms in total. The first-order valence-electron chi connectivity index (χ1n) is 6.57. The fourth-order valence-corrected chi connectivity index (χ4v) is 1.98. The molecule has 0 aliphatic carbocycles. The molecule has 1 aromatic rings. The highest BCUT2D eigenvalue weighted by molar-refractivity contribution is 5.37. The van der Waals surface area contributed by atoms with Gasteiger partial charge in [-0.05, 0) is 18.8 Å². The average Bonchev–Trinajstić information content (AvgIpc) is 2.46. The van der Waals surface area contributed by atoms with Gasteiger partial charge < -0.3 is 19.5 Å². The average molecular weight is 267 g/mol. The van der Waals surface area contributed by atoms with E-state index in [1.807, 2.05) is 7.05 Å². The summed E-state index contributed by atoms with van der Waals surface area (Å²) in [6, 6.07) is 1.80. The summed E-state index contributed by atoms with van der Waals surface area (Å²) in [6.07, 6.45) is 2.10. The molecule has 0 spiro atoms. The first-order chi connectivity index (χ1) is 9.31. The molecular weight excluding hydrogens is 246 g/mol. The second-order valence-electron chi connectivity index (χ2n) is 4.56. The lowest BCUT2D eigenvalue weighted by molar-refractivity contribution is 0.0489. The van der Waals surface area contributed by atoms with Crippen LogP contribution in [0.1, 0.15) is 18.7 Å². The number of aromatic nitrogens is 2. The minimum atomic E-state index is 0.378. The summed E-state index contributed by atoms with van der Waals surface area (Å²) in [5.74, 6) is 2.51. The SMILES string of the molecule is CNc1cc(OCC2CCOCC2)nc(COC)n1. The Bertz CT molecular complexity index is 395. The van der Waals surface area contributed by atoms with Crippen LogP contribution in [0.2, 0.25) is 0 Å². The van der Waals surface area contributed by atoms with Crippen molar-refractivity contribution in [1.82, 2.24) is 9.97 Å². The Morgan fingerprint density at radius 3 is 2.84 bits per heavy atom. The van der Waals surface area contributed by atoms with Crippen molar-refractivity contribution < 1.29 is 14.2 Å². The molecule has 1 saturated heterocycles. The Labute approximate surface area is 113 Å². The second-order valence-corrected chi connectivity index (χ2v) is 4.56. The van der Waals surface area contributed by atoms with Crippen molar-refractivity contribution in [2.75, 3.05) is 39.3 Å². The number of rotatable bonds is 6. The normalized spacial score (nSPS) is 16.3. The van der Waals surface area contributed by atoms with Crippen LogP contribution < -0.4 is 10.1 Å². The molecule has 19 heavy (non-hydrogen) atoms. The Kier molecular flexibility index (Phi) is 5.35. The molecule has 1 aliphatic heterocycles. The Morgan fingerprint density at radius 1 is 1.37 bits per heavy atom. The summed E-state index contributed by atoms with van der Waals surface area (Å²) in [7, 11) is 3.44. The second kappa shape index (κ2) is 7.25. The van der Waals surface area contributed by atoms with Crippen LogP contribution in [-0.2, 0) is 16.1 Å². The van der Waals surface area contributed by atoms with E-state index in [0.29, 0.717) is 30.8 Å². The number of ether oxygens (including phenoxy) is 3. The summed E-state index contributed by atoms with van der Waals surface area (Å²) >= 11 is 0. The number of nitrogens with one attached hydrogen (secondary N) is 1. The van der Waals surface area contributed by atoms with E-state index in [4.69, 9.17) is 14.2 Å². The molecule has 0 unspecified atom stereocenters. The van der Waals surface area contributed by atoms with Crippen molar-refractivity contribution in [2.45, 2.75) is 19.4 Å². The molecule has 0 bridgehead atoms. The summed E-state index contributed by atoms with van der Waals surface area (Å²) in [4.78, 5) is 8.62. The first kappa shape index (κ1) is 14.0. The van der Waals surface area contributed by atoms with Crippen molar-refractivity contribution in [2.24, 2.45) is 5.92 Å². The van der Waals surface area contributed by atoms with Crippen LogP contribution in [0.3, 0.4) is 0 Å². The van der Waals surface area contributed by atoms with Crippen LogP contribution in [0, 0.1) is 5.92 Å². The zero-order valence-corrected chi connectivity index (χ0v) is 11.5. The van der Waals surface area contributed by atoms with Gasteiger partial charge in [-0.3, -0.25) is 0 Å². The van der Waals surface area contributed by atoms with E-state index in [2.05, 4.69) is 15.3 Å². The zero-order chi connectivity index (χ0) is 13.5. The van der Waals surface area contributed by atoms with Crippen LogP contribution in [-0.4, -0.2) is 43.9 Å². The van der Waals surface area contributed by atoms with E-state index >= 15 is 0 Å². The summed E-state index contributed by atoms with van der Waals surface area (Å²) < 4.78 is 16.2. The van der Waals surface area contributed by atoms with Gasteiger partial charge in [0, 0.05) is 33.4 Å². The number of nitrogens with zero attached hydrogens (tertiary/aromatic N) is 2. The molecule has 0 amide bonds. The van der Waals surface area contributed by atoms with Gasteiger partial charge in [-0.1, -0.05) is 0 Å². The van der Waals surface area contributed by atoms with Gasteiger partial charge in [0.15, 0.2) is 5.82 Å². The van der Waals surface area contributed by atoms with E-state index in [1.54, 1.807) is 13.2 Å². The largest absolute Gasteiger partial charge is 0.477 e. The lowest BCUT2D eigenvalue weighted by atomic mass is 10.0. The van der Waals surface area contributed by atoms with E-state index in [-0.39, 0.29) is 0 Å². The third-order valence-electron chi connectivity index (χ3n) is 3.09. The van der Waals surface area contributed by atoms with Crippen molar-refractivity contribution in [3.63, 3.8) is 0 Å². The van der Waals surface area contributed by atoms with Gasteiger partial charge >= 0.3 is 0 Å². The number of anilines is 1. The molecule has 0 radical (unpaired) electrons. The molecular formula is C13H21N3O3. The summed E-state index contributed by atoms with van der Waals surface area (Å²) in [6.45, 7) is 2.71. The molecule has 1 aliphatic rings. The third-order valence-corrected chi connectivity index (χ3v) is 3.09. The molecule has 1 fully saturated rings. The first-order valence-corrected chi connectivity index (χ1v) is 6.57. The Balaban J connectivity index is 1.95. The Hall–Kier alpha value is -1.40. The van der Waals surface area contributed by atoms with Crippen molar-refractivity contribution in [3.8, 4) is 5.88 Å². The van der Waals surface area contributed by atoms with Crippen molar-refractivity contribution in [3.05, 3.63) is 11.9 Å². The van der Waals surface area contributed by atoms with Gasteiger partial charge in [0.1, 0.15) is 12.4 Å². The summed E-state index contributed by atoms with van der Waals surface area (Å²) in [5, 5.41) is 3.00. The van der Waals surface area contributed by atoms with Gasteiger partial charge in [0.25, 0.3) is 0 Å². The third kappa shape index (κ3) is 4.33. The van der Waals surface area contributed by atoms with Crippen LogP contribution >= 0.6 is 0 Å². The monoisotopic (exact) mass is 267 g/mol. The fourth-order valence-electron chi connectivity index (χ4n) is 1.98. The molecule has 2 heterocycles. The molecule has 0 atom stereocenters. The summed E-state index contributed by atoms with van der Waals surface area (Å²) in [5.41, 5.74) is 0. The lowest BCUT2D eigenvalue weighted by Crippen LogP contribution is -2.21. The zero-order valence-electron chi connectivity index (χ0n) is 11.5. The van der Waals surface area contributed by atoms with Gasteiger partial charge in [-0.25, -0.2) is 4.98 Å². The maximum Gasteiger partial charge on any atom is 0.218 e. The molecule has 0 aromatic carbocycles. The maximum atomic E-state index is 5.77. The minimum Gasteiger partial charge on any atom is -0.477 e. The minimum absolute atomic E-state index is 0.378. The number of hydrogen-bond donors (Lipinski definition) is 1. The number of hydrogen-bond acceptors (Lipinski definition) is 6.